The smallest absolute Gasteiger partial charge is 0.337 e. The summed E-state index contributed by atoms with van der Waals surface area (Å²) in [5, 5.41) is 9.10. The maximum Gasteiger partial charge on any atom is 0.337 e. The van der Waals surface area contributed by atoms with Crippen molar-refractivity contribution in [2.24, 2.45) is 5.92 Å². The minimum atomic E-state index is -3.92. The summed E-state index contributed by atoms with van der Waals surface area (Å²) < 4.78 is 27.2. The lowest BCUT2D eigenvalue weighted by atomic mass is 10.1. The number of nitrogens with two attached hydrogens (primary N) is 1. The van der Waals surface area contributed by atoms with E-state index in [1.807, 2.05) is 0 Å². The Hall–Kier alpha value is -1.60. The summed E-state index contributed by atoms with van der Waals surface area (Å²) in [6, 6.07) is 3.46. The van der Waals surface area contributed by atoms with Gasteiger partial charge in [-0.25, -0.2) is 17.9 Å². The van der Waals surface area contributed by atoms with Gasteiger partial charge in [0.1, 0.15) is 0 Å². The van der Waals surface area contributed by atoms with Crippen molar-refractivity contribution in [1.82, 2.24) is 4.72 Å². The third-order valence-corrected chi connectivity index (χ3v) is 4.69. The van der Waals surface area contributed by atoms with Gasteiger partial charge in [0, 0.05) is 11.7 Å². The molecule has 1 unspecified atom stereocenters. The summed E-state index contributed by atoms with van der Waals surface area (Å²) in [6.45, 7) is 5.87. The number of sulfonamides is 1. The number of benzene rings is 1. The monoisotopic (exact) mass is 314 g/mol. The van der Waals surface area contributed by atoms with Crippen molar-refractivity contribution in [3.05, 3.63) is 23.8 Å². The zero-order chi connectivity index (χ0) is 16.2. The fourth-order valence-electron chi connectivity index (χ4n) is 1.91. The van der Waals surface area contributed by atoms with Crippen LogP contribution in [0.5, 0.6) is 0 Å². The standard InChI is InChI=1S/C14H22N2O4S/c1-9(2)4-5-10(3)16-21(19,20)13-8-11(15)6-7-12(13)14(17)18/h6-10,16H,4-5,15H2,1-3H3,(H,17,18). The molecule has 118 valence electrons. The van der Waals surface area contributed by atoms with Gasteiger partial charge in [-0.2, -0.15) is 0 Å². The number of hydrogen-bond donors (Lipinski definition) is 3. The predicted molar refractivity (Wildman–Crippen MR) is 81.7 cm³/mol. The summed E-state index contributed by atoms with van der Waals surface area (Å²) in [5.74, 6) is -0.830. The van der Waals surface area contributed by atoms with Gasteiger partial charge in [0.2, 0.25) is 10.0 Å². The lowest BCUT2D eigenvalue weighted by molar-refractivity contribution is 0.0692. The second-order valence-electron chi connectivity index (χ2n) is 5.55. The number of anilines is 1. The SMILES string of the molecule is CC(C)CCC(C)NS(=O)(=O)c1cc(N)ccc1C(=O)O. The second-order valence-corrected chi connectivity index (χ2v) is 7.24. The topological polar surface area (TPSA) is 109 Å². The highest BCUT2D eigenvalue weighted by atomic mass is 32.2. The van der Waals surface area contributed by atoms with E-state index in [0.717, 1.165) is 6.42 Å². The molecule has 21 heavy (non-hydrogen) atoms. The van der Waals surface area contributed by atoms with Gasteiger partial charge in [0.15, 0.2) is 0 Å². The number of carbonyl (C=O) groups is 1. The first-order chi connectivity index (χ1) is 9.63. The number of hydrogen-bond acceptors (Lipinski definition) is 4. The Balaban J connectivity index is 3.02. The van der Waals surface area contributed by atoms with Gasteiger partial charge in [-0.3, -0.25) is 0 Å². The highest BCUT2D eigenvalue weighted by Crippen LogP contribution is 2.20. The molecular weight excluding hydrogens is 292 g/mol. The molecule has 0 amide bonds. The molecule has 0 saturated heterocycles. The Kier molecular flexibility index (Phi) is 5.74. The van der Waals surface area contributed by atoms with Gasteiger partial charge >= 0.3 is 5.97 Å². The molecule has 0 radical (unpaired) electrons. The van der Waals surface area contributed by atoms with Crippen molar-refractivity contribution in [3.8, 4) is 0 Å². The van der Waals surface area contributed by atoms with E-state index in [-0.39, 0.29) is 22.2 Å². The van der Waals surface area contributed by atoms with Crippen molar-refractivity contribution in [2.45, 2.75) is 44.6 Å². The number of aromatic carboxylic acids is 1. The number of nitrogen functional groups attached to an aromatic ring is 1. The molecule has 1 atom stereocenters. The molecule has 0 aliphatic rings. The molecule has 0 aliphatic heterocycles. The molecule has 4 N–H and O–H groups in total. The first-order valence-corrected chi connectivity index (χ1v) is 8.27. The number of rotatable bonds is 7. The summed E-state index contributed by atoms with van der Waals surface area (Å²) in [6.07, 6.45) is 1.56. The quantitative estimate of drug-likeness (QED) is 0.667. The Labute approximate surface area is 125 Å². The number of nitrogens with one attached hydrogen (secondary N) is 1. The fourth-order valence-corrected chi connectivity index (χ4v) is 3.42. The third-order valence-electron chi connectivity index (χ3n) is 3.06. The van der Waals surface area contributed by atoms with Crippen molar-refractivity contribution >= 4 is 21.7 Å². The molecule has 7 heteroatoms. The van der Waals surface area contributed by atoms with Crippen LogP contribution in [0, 0.1) is 5.92 Å². The molecule has 6 nitrogen and oxygen atoms in total. The third kappa shape index (κ3) is 5.02. The zero-order valence-electron chi connectivity index (χ0n) is 12.5. The number of carboxylic acid groups (broad SMARTS) is 1. The van der Waals surface area contributed by atoms with Crippen molar-refractivity contribution in [1.29, 1.82) is 0 Å². The summed E-state index contributed by atoms with van der Waals surface area (Å²) in [4.78, 5) is 10.8. The van der Waals surface area contributed by atoms with Gasteiger partial charge in [-0.15, -0.1) is 0 Å². The molecular formula is C14H22N2O4S. The molecule has 1 rings (SSSR count). The van der Waals surface area contributed by atoms with Crippen molar-refractivity contribution < 1.29 is 18.3 Å². The molecule has 1 aromatic rings. The number of carboxylic acids is 1. The first-order valence-electron chi connectivity index (χ1n) is 6.78. The Morgan fingerprint density at radius 1 is 1.29 bits per heavy atom. The van der Waals surface area contributed by atoms with E-state index < -0.39 is 16.0 Å². The molecule has 1 aromatic carbocycles. The van der Waals surface area contributed by atoms with E-state index in [1.54, 1.807) is 6.92 Å². The predicted octanol–water partition coefficient (Wildman–Crippen LogP) is 2.07. The van der Waals surface area contributed by atoms with Crippen LogP contribution in [0.25, 0.3) is 0 Å². The van der Waals surface area contributed by atoms with Crippen LogP contribution in [0.1, 0.15) is 44.0 Å². The largest absolute Gasteiger partial charge is 0.478 e. The molecule has 0 bridgehead atoms. The van der Waals surface area contributed by atoms with Crippen LogP contribution in [0.15, 0.2) is 23.1 Å². The Morgan fingerprint density at radius 2 is 1.90 bits per heavy atom. The second kappa shape index (κ2) is 6.91. The van der Waals surface area contributed by atoms with Gasteiger partial charge in [-0.05, 0) is 43.9 Å². The van der Waals surface area contributed by atoms with E-state index >= 15 is 0 Å². The average molecular weight is 314 g/mol. The van der Waals surface area contributed by atoms with Gasteiger partial charge in [0.05, 0.1) is 10.5 Å². The highest BCUT2D eigenvalue weighted by molar-refractivity contribution is 7.89. The summed E-state index contributed by atoms with van der Waals surface area (Å²) in [7, 11) is -3.92. The maximum absolute atomic E-state index is 12.3. The maximum atomic E-state index is 12.3. The normalized spacial score (nSPS) is 13.3. The Morgan fingerprint density at radius 3 is 2.43 bits per heavy atom. The van der Waals surface area contributed by atoms with E-state index in [2.05, 4.69) is 18.6 Å². The molecule has 0 fully saturated rings. The summed E-state index contributed by atoms with van der Waals surface area (Å²) >= 11 is 0. The lowest BCUT2D eigenvalue weighted by Crippen LogP contribution is -2.33. The van der Waals surface area contributed by atoms with Crippen molar-refractivity contribution in [2.75, 3.05) is 5.73 Å². The van der Waals surface area contributed by atoms with Crippen LogP contribution in [0.4, 0.5) is 5.69 Å². The van der Waals surface area contributed by atoms with E-state index in [1.165, 1.54) is 18.2 Å². The zero-order valence-corrected chi connectivity index (χ0v) is 13.3. The molecule has 0 aliphatic carbocycles. The van der Waals surface area contributed by atoms with E-state index in [4.69, 9.17) is 10.8 Å². The fraction of sp³-hybridized carbons (Fsp3) is 0.500. The van der Waals surface area contributed by atoms with Gasteiger partial charge in [0.25, 0.3) is 0 Å². The van der Waals surface area contributed by atoms with Crippen LogP contribution in [0.2, 0.25) is 0 Å². The molecule has 0 heterocycles. The van der Waals surface area contributed by atoms with Crippen LogP contribution in [0.3, 0.4) is 0 Å². The van der Waals surface area contributed by atoms with Crippen LogP contribution < -0.4 is 10.5 Å². The average Bonchev–Trinajstić information content (AvgIpc) is 2.35. The highest BCUT2D eigenvalue weighted by Gasteiger charge is 2.24. The van der Waals surface area contributed by atoms with Crippen LogP contribution in [-0.4, -0.2) is 25.5 Å². The molecule has 0 spiro atoms. The minimum Gasteiger partial charge on any atom is -0.478 e. The summed E-state index contributed by atoms with van der Waals surface area (Å²) in [5.41, 5.74) is 5.49. The lowest BCUT2D eigenvalue weighted by Gasteiger charge is -2.16. The van der Waals surface area contributed by atoms with Gasteiger partial charge in [-0.1, -0.05) is 13.8 Å². The molecule has 0 saturated carbocycles. The first kappa shape index (κ1) is 17.5. The van der Waals surface area contributed by atoms with Crippen molar-refractivity contribution in [3.63, 3.8) is 0 Å². The van der Waals surface area contributed by atoms with Crippen LogP contribution >= 0.6 is 0 Å². The van der Waals surface area contributed by atoms with E-state index in [0.29, 0.717) is 12.3 Å². The van der Waals surface area contributed by atoms with Gasteiger partial charge < -0.3 is 10.8 Å². The Bertz CT molecular complexity index is 611. The molecule has 0 aromatic heterocycles. The minimum absolute atomic E-state index is 0.204. The van der Waals surface area contributed by atoms with E-state index in [9.17, 15) is 13.2 Å². The van der Waals surface area contributed by atoms with Crippen LogP contribution in [-0.2, 0) is 10.0 Å².